The van der Waals surface area contributed by atoms with E-state index in [0.717, 1.165) is 50.1 Å². The van der Waals surface area contributed by atoms with Gasteiger partial charge in [-0.1, -0.05) is 37.6 Å². The molecule has 0 saturated carbocycles. The van der Waals surface area contributed by atoms with E-state index in [2.05, 4.69) is 42.4 Å². The summed E-state index contributed by atoms with van der Waals surface area (Å²) < 4.78 is 7.60. The fraction of sp³-hybridized carbons (Fsp3) is 0.500. The van der Waals surface area contributed by atoms with Crippen molar-refractivity contribution in [3.63, 3.8) is 0 Å². The van der Waals surface area contributed by atoms with Gasteiger partial charge in [-0.25, -0.2) is 4.68 Å². The highest BCUT2D eigenvalue weighted by Crippen LogP contribution is 2.13. The van der Waals surface area contributed by atoms with Gasteiger partial charge in [-0.05, 0) is 37.0 Å². The Balaban J connectivity index is 1.83. The molecule has 0 radical (unpaired) electrons. The lowest BCUT2D eigenvalue weighted by Gasteiger charge is -2.08. The van der Waals surface area contributed by atoms with Crippen LogP contribution in [-0.2, 0) is 19.4 Å². The van der Waals surface area contributed by atoms with E-state index >= 15 is 0 Å². The second-order valence-electron chi connectivity index (χ2n) is 5.52. The fourth-order valence-electron chi connectivity index (χ4n) is 2.42. The van der Waals surface area contributed by atoms with Crippen LogP contribution in [0.3, 0.4) is 0 Å². The van der Waals surface area contributed by atoms with E-state index in [1.54, 1.807) is 0 Å². The molecule has 23 heavy (non-hydrogen) atoms. The first-order valence-electron chi connectivity index (χ1n) is 8.32. The fourth-order valence-corrected chi connectivity index (χ4v) is 2.42. The van der Waals surface area contributed by atoms with Gasteiger partial charge in [0.2, 0.25) is 0 Å². The van der Waals surface area contributed by atoms with E-state index in [1.807, 2.05) is 16.8 Å². The molecule has 5 heteroatoms. The molecule has 1 heterocycles. The Morgan fingerprint density at radius 3 is 2.61 bits per heavy atom. The predicted octanol–water partition coefficient (Wildman–Crippen LogP) is 3.52. The highest BCUT2D eigenvalue weighted by molar-refractivity contribution is 5.27. The summed E-state index contributed by atoms with van der Waals surface area (Å²) in [6.07, 6.45) is 4.86. The molecule has 0 bridgehead atoms. The minimum Gasteiger partial charge on any atom is -0.494 e. The van der Waals surface area contributed by atoms with Crippen LogP contribution in [0.2, 0.25) is 0 Å². The Bertz CT molecular complexity index is 640. The molecule has 1 aromatic heterocycles. The highest BCUT2D eigenvalue weighted by atomic mass is 16.5. The Morgan fingerprint density at radius 1 is 1.17 bits per heavy atom. The van der Waals surface area contributed by atoms with E-state index in [4.69, 9.17) is 10.00 Å². The monoisotopic (exact) mass is 312 g/mol. The van der Waals surface area contributed by atoms with Crippen LogP contribution < -0.4 is 4.74 Å². The largest absolute Gasteiger partial charge is 0.494 e. The summed E-state index contributed by atoms with van der Waals surface area (Å²) in [5.41, 5.74) is 2.71. The minimum atomic E-state index is 0.453. The van der Waals surface area contributed by atoms with Crippen molar-refractivity contribution in [3.8, 4) is 11.8 Å². The standard InChI is InChI=1S/C18H24N4O/c1-3-5-7-18-17(14-19)20-21-22(18)12-6-13-23-16-10-8-15(4-2)9-11-16/h8-11H,3-7,12-13H2,1-2H3. The first-order valence-corrected chi connectivity index (χ1v) is 8.32. The van der Waals surface area contributed by atoms with Crippen molar-refractivity contribution < 1.29 is 4.74 Å². The van der Waals surface area contributed by atoms with Gasteiger partial charge >= 0.3 is 0 Å². The van der Waals surface area contributed by atoms with Crippen molar-refractivity contribution in [1.29, 1.82) is 5.26 Å². The lowest BCUT2D eigenvalue weighted by molar-refractivity contribution is 0.296. The SMILES string of the molecule is CCCCc1c(C#N)nnn1CCCOc1ccc(CC)cc1. The van der Waals surface area contributed by atoms with Crippen molar-refractivity contribution in [1.82, 2.24) is 15.0 Å². The molecule has 0 fully saturated rings. The molecule has 2 rings (SSSR count). The molecule has 2 aromatic rings. The number of aryl methyl sites for hydroxylation is 2. The summed E-state index contributed by atoms with van der Waals surface area (Å²) in [5.74, 6) is 0.893. The van der Waals surface area contributed by atoms with Crippen molar-refractivity contribution in [2.45, 2.75) is 52.5 Å². The molecule has 1 aromatic carbocycles. The summed E-state index contributed by atoms with van der Waals surface area (Å²) in [4.78, 5) is 0. The van der Waals surface area contributed by atoms with E-state index in [0.29, 0.717) is 12.3 Å². The van der Waals surface area contributed by atoms with Gasteiger partial charge < -0.3 is 4.74 Å². The molecular weight excluding hydrogens is 288 g/mol. The maximum absolute atomic E-state index is 9.10. The molecule has 0 aliphatic rings. The van der Waals surface area contributed by atoms with Crippen LogP contribution in [0.15, 0.2) is 24.3 Å². The smallest absolute Gasteiger partial charge is 0.185 e. The van der Waals surface area contributed by atoms with Crippen LogP contribution in [0.4, 0.5) is 0 Å². The van der Waals surface area contributed by atoms with Crippen molar-refractivity contribution in [2.75, 3.05) is 6.61 Å². The van der Waals surface area contributed by atoms with Gasteiger partial charge in [0.1, 0.15) is 11.8 Å². The molecule has 0 N–H and O–H groups in total. The van der Waals surface area contributed by atoms with Crippen LogP contribution in [0, 0.1) is 11.3 Å². The lowest BCUT2D eigenvalue weighted by Crippen LogP contribution is -2.09. The quantitative estimate of drug-likeness (QED) is 0.665. The lowest BCUT2D eigenvalue weighted by atomic mass is 10.1. The third-order valence-electron chi connectivity index (χ3n) is 3.83. The van der Waals surface area contributed by atoms with E-state index < -0.39 is 0 Å². The van der Waals surface area contributed by atoms with Crippen LogP contribution in [0.25, 0.3) is 0 Å². The zero-order valence-corrected chi connectivity index (χ0v) is 14.0. The number of benzene rings is 1. The molecule has 0 aliphatic carbocycles. The van der Waals surface area contributed by atoms with Crippen LogP contribution in [-0.4, -0.2) is 21.6 Å². The van der Waals surface area contributed by atoms with Gasteiger partial charge in [0.25, 0.3) is 0 Å². The van der Waals surface area contributed by atoms with Crippen LogP contribution in [0.1, 0.15) is 50.1 Å². The average Bonchev–Trinajstić information content (AvgIpc) is 2.99. The third-order valence-corrected chi connectivity index (χ3v) is 3.83. The molecule has 0 unspecified atom stereocenters. The minimum absolute atomic E-state index is 0.453. The Hall–Kier alpha value is -2.35. The molecule has 0 amide bonds. The maximum atomic E-state index is 9.10. The molecular formula is C18H24N4O. The number of ether oxygens (including phenoxy) is 1. The van der Waals surface area contributed by atoms with Gasteiger partial charge in [-0.2, -0.15) is 5.26 Å². The zero-order chi connectivity index (χ0) is 16.5. The van der Waals surface area contributed by atoms with Gasteiger partial charge in [0.15, 0.2) is 5.69 Å². The van der Waals surface area contributed by atoms with Crippen LogP contribution in [0.5, 0.6) is 5.75 Å². The number of nitriles is 1. The van der Waals surface area contributed by atoms with Crippen LogP contribution >= 0.6 is 0 Å². The molecule has 0 aliphatic heterocycles. The molecule has 0 atom stereocenters. The van der Waals surface area contributed by atoms with Gasteiger partial charge in [-0.3, -0.25) is 0 Å². The topological polar surface area (TPSA) is 63.7 Å². The molecule has 122 valence electrons. The Morgan fingerprint density at radius 2 is 1.96 bits per heavy atom. The number of hydrogen-bond donors (Lipinski definition) is 0. The zero-order valence-electron chi connectivity index (χ0n) is 14.0. The summed E-state index contributed by atoms with van der Waals surface area (Å²) in [6.45, 7) is 5.62. The summed E-state index contributed by atoms with van der Waals surface area (Å²) in [6, 6.07) is 10.3. The number of unbranched alkanes of at least 4 members (excludes halogenated alkanes) is 1. The number of aromatic nitrogens is 3. The first-order chi connectivity index (χ1) is 11.3. The summed E-state index contributed by atoms with van der Waals surface area (Å²) >= 11 is 0. The predicted molar refractivity (Wildman–Crippen MR) is 89.3 cm³/mol. The molecule has 5 nitrogen and oxygen atoms in total. The van der Waals surface area contributed by atoms with E-state index in [9.17, 15) is 0 Å². The summed E-state index contributed by atoms with van der Waals surface area (Å²) in [7, 11) is 0. The van der Waals surface area contributed by atoms with Crippen molar-refractivity contribution in [2.24, 2.45) is 0 Å². The van der Waals surface area contributed by atoms with Gasteiger partial charge in [0, 0.05) is 13.0 Å². The summed E-state index contributed by atoms with van der Waals surface area (Å²) in [5, 5.41) is 17.2. The van der Waals surface area contributed by atoms with Crippen molar-refractivity contribution in [3.05, 3.63) is 41.2 Å². The van der Waals surface area contributed by atoms with Gasteiger partial charge in [0.05, 0.1) is 12.3 Å². The second kappa shape index (κ2) is 8.94. The van der Waals surface area contributed by atoms with Crippen molar-refractivity contribution >= 4 is 0 Å². The highest BCUT2D eigenvalue weighted by Gasteiger charge is 2.11. The Labute approximate surface area is 137 Å². The van der Waals surface area contributed by atoms with E-state index in [1.165, 1.54) is 5.56 Å². The normalized spacial score (nSPS) is 10.5. The molecule has 0 saturated heterocycles. The average molecular weight is 312 g/mol. The first kappa shape index (κ1) is 17.0. The number of hydrogen-bond acceptors (Lipinski definition) is 4. The number of rotatable bonds is 9. The number of nitrogens with zero attached hydrogens (tertiary/aromatic N) is 4. The second-order valence-corrected chi connectivity index (χ2v) is 5.52. The Kier molecular flexibility index (Phi) is 6.61. The molecule has 0 spiro atoms. The van der Waals surface area contributed by atoms with E-state index in [-0.39, 0.29) is 0 Å². The third kappa shape index (κ3) is 4.82. The van der Waals surface area contributed by atoms with Gasteiger partial charge in [-0.15, -0.1) is 5.10 Å². The maximum Gasteiger partial charge on any atom is 0.185 e.